The highest BCUT2D eigenvalue weighted by molar-refractivity contribution is 6.21. The van der Waals surface area contributed by atoms with Crippen LogP contribution in [0.25, 0.3) is 0 Å². The predicted octanol–water partition coefficient (Wildman–Crippen LogP) is 1.92. The normalized spacial score (nSPS) is 24.3. The summed E-state index contributed by atoms with van der Waals surface area (Å²) in [6.45, 7) is 2.68. The van der Waals surface area contributed by atoms with Gasteiger partial charge in [-0.15, -0.1) is 0 Å². The van der Waals surface area contributed by atoms with Crippen molar-refractivity contribution >= 4 is 23.5 Å². The molecule has 0 bridgehead atoms. The highest BCUT2D eigenvalue weighted by Gasteiger charge is 2.44. The SMILES string of the molecule is CCOC(=O)c1ccc(N2C(=O)C[C@H]([C@H]3CCCO3)C2=O)cc1. The number of hydrogen-bond donors (Lipinski definition) is 0. The smallest absolute Gasteiger partial charge is 0.338 e. The summed E-state index contributed by atoms with van der Waals surface area (Å²) in [5.74, 6) is -1.25. The molecule has 2 heterocycles. The van der Waals surface area contributed by atoms with E-state index >= 15 is 0 Å². The number of amides is 2. The molecule has 2 amide bonds. The van der Waals surface area contributed by atoms with Gasteiger partial charge >= 0.3 is 5.97 Å². The van der Waals surface area contributed by atoms with Crippen LogP contribution in [0.2, 0.25) is 0 Å². The fourth-order valence-electron chi connectivity index (χ4n) is 3.10. The number of imide groups is 1. The van der Waals surface area contributed by atoms with Crippen molar-refractivity contribution in [1.82, 2.24) is 0 Å². The average molecular weight is 317 g/mol. The van der Waals surface area contributed by atoms with Gasteiger partial charge in [-0.3, -0.25) is 14.5 Å². The maximum Gasteiger partial charge on any atom is 0.338 e. The van der Waals surface area contributed by atoms with Gasteiger partial charge in [0.15, 0.2) is 0 Å². The summed E-state index contributed by atoms with van der Waals surface area (Å²) >= 11 is 0. The molecular weight excluding hydrogens is 298 g/mol. The van der Waals surface area contributed by atoms with Crippen LogP contribution >= 0.6 is 0 Å². The third-order valence-electron chi connectivity index (χ3n) is 4.23. The van der Waals surface area contributed by atoms with E-state index in [0.29, 0.717) is 24.5 Å². The van der Waals surface area contributed by atoms with E-state index in [4.69, 9.17) is 9.47 Å². The highest BCUT2D eigenvalue weighted by Crippen LogP contribution is 2.33. The lowest BCUT2D eigenvalue weighted by Crippen LogP contribution is -2.33. The second kappa shape index (κ2) is 6.50. The molecule has 0 radical (unpaired) electrons. The lowest BCUT2D eigenvalue weighted by molar-refractivity contribution is -0.124. The van der Waals surface area contributed by atoms with Crippen LogP contribution in [-0.4, -0.2) is 37.1 Å². The van der Waals surface area contributed by atoms with Crippen LogP contribution in [0.3, 0.4) is 0 Å². The van der Waals surface area contributed by atoms with Crippen molar-refractivity contribution in [2.75, 3.05) is 18.1 Å². The number of hydrogen-bond acceptors (Lipinski definition) is 5. The zero-order valence-corrected chi connectivity index (χ0v) is 13.0. The first-order valence-electron chi connectivity index (χ1n) is 7.87. The summed E-state index contributed by atoms with van der Waals surface area (Å²) in [7, 11) is 0. The minimum absolute atomic E-state index is 0.157. The minimum Gasteiger partial charge on any atom is -0.462 e. The summed E-state index contributed by atoms with van der Waals surface area (Å²) in [5.41, 5.74) is 0.874. The predicted molar refractivity (Wildman–Crippen MR) is 82.0 cm³/mol. The van der Waals surface area contributed by atoms with Gasteiger partial charge in [0.1, 0.15) is 0 Å². The molecule has 0 spiro atoms. The van der Waals surface area contributed by atoms with Crippen LogP contribution in [0.4, 0.5) is 5.69 Å². The van der Waals surface area contributed by atoms with E-state index in [0.717, 1.165) is 12.8 Å². The number of ether oxygens (including phenoxy) is 2. The van der Waals surface area contributed by atoms with E-state index in [1.165, 1.54) is 4.90 Å². The number of nitrogens with zero attached hydrogens (tertiary/aromatic N) is 1. The molecule has 0 saturated carbocycles. The quantitative estimate of drug-likeness (QED) is 0.626. The molecule has 0 unspecified atom stereocenters. The molecule has 23 heavy (non-hydrogen) atoms. The molecule has 2 saturated heterocycles. The van der Waals surface area contributed by atoms with E-state index in [-0.39, 0.29) is 24.3 Å². The van der Waals surface area contributed by atoms with Gasteiger partial charge in [0.25, 0.3) is 0 Å². The number of carbonyl (C=O) groups is 3. The van der Waals surface area contributed by atoms with Gasteiger partial charge in [0.05, 0.1) is 29.9 Å². The maximum atomic E-state index is 12.6. The fourth-order valence-corrected chi connectivity index (χ4v) is 3.10. The first-order valence-corrected chi connectivity index (χ1v) is 7.87. The molecule has 2 aliphatic heterocycles. The van der Waals surface area contributed by atoms with Crippen molar-refractivity contribution < 1.29 is 23.9 Å². The molecule has 2 atom stereocenters. The molecule has 1 aromatic rings. The standard InChI is InChI=1S/C17H19NO5/c1-2-22-17(21)11-5-7-12(8-6-11)18-15(19)10-13(16(18)20)14-4-3-9-23-14/h5-8,13-14H,2-4,9-10H2,1H3/t13-,14-/m1/s1. The molecule has 6 heteroatoms. The molecule has 122 valence electrons. The Hall–Kier alpha value is -2.21. The Bertz CT molecular complexity index is 618. The van der Waals surface area contributed by atoms with Crippen LogP contribution in [0.5, 0.6) is 0 Å². The van der Waals surface area contributed by atoms with E-state index in [1.54, 1.807) is 31.2 Å². The second-order valence-electron chi connectivity index (χ2n) is 5.70. The zero-order valence-electron chi connectivity index (χ0n) is 13.0. The van der Waals surface area contributed by atoms with Gasteiger partial charge in [0.2, 0.25) is 11.8 Å². The summed E-state index contributed by atoms with van der Waals surface area (Å²) < 4.78 is 10.5. The molecule has 3 rings (SSSR count). The van der Waals surface area contributed by atoms with Crippen molar-refractivity contribution in [3.8, 4) is 0 Å². The van der Waals surface area contributed by atoms with Gasteiger partial charge < -0.3 is 9.47 Å². The number of anilines is 1. The first kappa shape index (κ1) is 15.7. The summed E-state index contributed by atoms with van der Waals surface area (Å²) in [4.78, 5) is 37.6. The van der Waals surface area contributed by atoms with Crippen LogP contribution in [-0.2, 0) is 19.1 Å². The Kier molecular flexibility index (Phi) is 4.43. The van der Waals surface area contributed by atoms with Gasteiger partial charge in [-0.2, -0.15) is 0 Å². The lowest BCUT2D eigenvalue weighted by Gasteiger charge is -2.18. The molecule has 0 aromatic heterocycles. The Balaban J connectivity index is 1.77. The van der Waals surface area contributed by atoms with Crippen LogP contribution in [0.15, 0.2) is 24.3 Å². The average Bonchev–Trinajstić information content (AvgIpc) is 3.16. The Morgan fingerprint density at radius 1 is 1.30 bits per heavy atom. The molecule has 0 aliphatic carbocycles. The minimum atomic E-state index is -0.421. The lowest BCUT2D eigenvalue weighted by atomic mass is 9.98. The molecule has 6 nitrogen and oxygen atoms in total. The topological polar surface area (TPSA) is 72.9 Å². The third kappa shape index (κ3) is 2.99. The van der Waals surface area contributed by atoms with E-state index < -0.39 is 11.9 Å². The Labute approximate surface area is 134 Å². The van der Waals surface area contributed by atoms with E-state index in [1.807, 2.05) is 0 Å². The zero-order chi connectivity index (χ0) is 16.4. The van der Waals surface area contributed by atoms with Crippen LogP contribution < -0.4 is 4.90 Å². The Morgan fingerprint density at radius 2 is 2.04 bits per heavy atom. The molecule has 2 fully saturated rings. The maximum absolute atomic E-state index is 12.6. The van der Waals surface area contributed by atoms with Gasteiger partial charge in [-0.1, -0.05) is 0 Å². The first-order chi connectivity index (χ1) is 11.1. The molecule has 1 aromatic carbocycles. The molecule has 2 aliphatic rings. The largest absolute Gasteiger partial charge is 0.462 e. The number of benzene rings is 1. The van der Waals surface area contributed by atoms with E-state index in [9.17, 15) is 14.4 Å². The molecule has 0 N–H and O–H groups in total. The second-order valence-corrected chi connectivity index (χ2v) is 5.70. The van der Waals surface area contributed by atoms with Crippen molar-refractivity contribution in [1.29, 1.82) is 0 Å². The Morgan fingerprint density at radius 3 is 2.65 bits per heavy atom. The fraction of sp³-hybridized carbons (Fsp3) is 0.471. The van der Waals surface area contributed by atoms with Crippen LogP contribution in [0.1, 0.15) is 36.5 Å². The van der Waals surface area contributed by atoms with Crippen LogP contribution in [0, 0.1) is 5.92 Å². The van der Waals surface area contributed by atoms with Crippen molar-refractivity contribution in [3.63, 3.8) is 0 Å². The summed E-state index contributed by atoms with van der Waals surface area (Å²) in [6.07, 6.45) is 1.77. The van der Waals surface area contributed by atoms with Gasteiger partial charge in [-0.25, -0.2) is 4.79 Å². The monoisotopic (exact) mass is 317 g/mol. The number of rotatable bonds is 4. The van der Waals surface area contributed by atoms with Gasteiger partial charge in [0, 0.05) is 13.0 Å². The van der Waals surface area contributed by atoms with Gasteiger partial charge in [-0.05, 0) is 44.0 Å². The highest BCUT2D eigenvalue weighted by atomic mass is 16.5. The van der Waals surface area contributed by atoms with Crippen molar-refractivity contribution in [3.05, 3.63) is 29.8 Å². The molecular formula is C17H19NO5. The number of carbonyl (C=O) groups excluding carboxylic acids is 3. The number of esters is 1. The third-order valence-corrected chi connectivity index (χ3v) is 4.23. The van der Waals surface area contributed by atoms with Crippen molar-refractivity contribution in [2.24, 2.45) is 5.92 Å². The van der Waals surface area contributed by atoms with E-state index in [2.05, 4.69) is 0 Å². The summed E-state index contributed by atoms with van der Waals surface area (Å²) in [6, 6.07) is 6.32. The summed E-state index contributed by atoms with van der Waals surface area (Å²) in [5, 5.41) is 0. The van der Waals surface area contributed by atoms with Crippen molar-refractivity contribution in [2.45, 2.75) is 32.3 Å².